The zero-order valence-electron chi connectivity index (χ0n) is 9.57. The highest BCUT2D eigenvalue weighted by molar-refractivity contribution is 5.75. The van der Waals surface area contributed by atoms with Crippen LogP contribution in [0, 0.1) is 5.82 Å². The van der Waals surface area contributed by atoms with E-state index >= 15 is 0 Å². The number of carbonyl (C=O) groups excluding carboxylic acids is 1. The van der Waals surface area contributed by atoms with Crippen molar-refractivity contribution in [3.05, 3.63) is 41.8 Å². The van der Waals surface area contributed by atoms with E-state index in [-0.39, 0.29) is 11.8 Å². The highest BCUT2D eigenvalue weighted by atomic mass is 19.1. The Morgan fingerprint density at radius 2 is 2.35 bits per heavy atom. The number of hydrogen-bond donors (Lipinski definition) is 2. The molecule has 0 aromatic heterocycles. The Hall–Kier alpha value is -1.88. The van der Waals surface area contributed by atoms with E-state index in [9.17, 15) is 9.18 Å². The van der Waals surface area contributed by atoms with Crippen LogP contribution in [0.15, 0.2) is 30.5 Å². The summed E-state index contributed by atoms with van der Waals surface area (Å²) < 4.78 is 17.6. The maximum absolute atomic E-state index is 12.8. The summed E-state index contributed by atoms with van der Waals surface area (Å²) in [6, 6.07) is 5.76. The molecule has 1 aromatic rings. The molecule has 17 heavy (non-hydrogen) atoms. The van der Waals surface area contributed by atoms with Gasteiger partial charge >= 0.3 is 6.03 Å². The standard InChI is InChI=1S/C12H15FN2O2/c1-17-8-7-15-12(16)14-6-5-10-3-2-4-11(13)9-10/h2-6,9H,7-8H2,1H3,(H2,14,15,16)/b6-5+. The molecule has 0 aliphatic rings. The Bertz CT molecular complexity index is 394. The van der Waals surface area contributed by atoms with E-state index in [2.05, 4.69) is 10.6 Å². The van der Waals surface area contributed by atoms with Gasteiger partial charge in [-0.1, -0.05) is 12.1 Å². The van der Waals surface area contributed by atoms with E-state index in [1.54, 1.807) is 25.3 Å². The topological polar surface area (TPSA) is 50.4 Å². The van der Waals surface area contributed by atoms with Gasteiger partial charge in [-0.15, -0.1) is 0 Å². The monoisotopic (exact) mass is 238 g/mol. The summed E-state index contributed by atoms with van der Waals surface area (Å²) in [5, 5.41) is 5.08. The minimum Gasteiger partial charge on any atom is -0.383 e. The van der Waals surface area contributed by atoms with Crippen LogP contribution >= 0.6 is 0 Å². The largest absolute Gasteiger partial charge is 0.383 e. The molecule has 92 valence electrons. The van der Waals surface area contributed by atoms with E-state index < -0.39 is 0 Å². The van der Waals surface area contributed by atoms with Crippen LogP contribution in [0.3, 0.4) is 0 Å². The first kappa shape index (κ1) is 13.2. The fourth-order valence-electron chi connectivity index (χ4n) is 1.14. The predicted molar refractivity (Wildman–Crippen MR) is 63.8 cm³/mol. The second-order valence-electron chi connectivity index (χ2n) is 3.28. The first-order valence-electron chi connectivity index (χ1n) is 5.18. The molecule has 0 atom stereocenters. The zero-order chi connectivity index (χ0) is 12.5. The minimum atomic E-state index is -0.324. The highest BCUT2D eigenvalue weighted by Gasteiger charge is 1.95. The number of halogens is 1. The SMILES string of the molecule is COCCNC(=O)N/C=C/c1cccc(F)c1. The molecule has 0 radical (unpaired) electrons. The maximum atomic E-state index is 12.8. The Morgan fingerprint density at radius 3 is 3.06 bits per heavy atom. The van der Waals surface area contributed by atoms with Crippen molar-refractivity contribution in [1.82, 2.24) is 10.6 Å². The third-order valence-corrected chi connectivity index (χ3v) is 1.93. The summed E-state index contributed by atoms with van der Waals surface area (Å²) in [6.07, 6.45) is 3.07. The lowest BCUT2D eigenvalue weighted by Gasteiger charge is -2.02. The van der Waals surface area contributed by atoms with Gasteiger partial charge in [-0.05, 0) is 23.8 Å². The average molecular weight is 238 g/mol. The van der Waals surface area contributed by atoms with Crippen LogP contribution in [0.2, 0.25) is 0 Å². The number of carbonyl (C=O) groups is 1. The molecule has 4 nitrogen and oxygen atoms in total. The highest BCUT2D eigenvalue weighted by Crippen LogP contribution is 2.04. The molecule has 0 unspecified atom stereocenters. The smallest absolute Gasteiger partial charge is 0.318 e. The van der Waals surface area contributed by atoms with Crippen molar-refractivity contribution < 1.29 is 13.9 Å². The van der Waals surface area contributed by atoms with Crippen LogP contribution in [0.25, 0.3) is 6.08 Å². The number of urea groups is 1. The maximum Gasteiger partial charge on any atom is 0.318 e. The molecule has 0 fully saturated rings. The molecular formula is C12H15FN2O2. The molecule has 5 heteroatoms. The number of ether oxygens (including phenoxy) is 1. The van der Waals surface area contributed by atoms with Crippen LogP contribution < -0.4 is 10.6 Å². The quantitative estimate of drug-likeness (QED) is 0.768. The first-order chi connectivity index (χ1) is 8.22. The van der Waals surface area contributed by atoms with Gasteiger partial charge in [-0.3, -0.25) is 0 Å². The van der Waals surface area contributed by atoms with Gasteiger partial charge in [-0.2, -0.15) is 0 Å². The van der Waals surface area contributed by atoms with E-state index in [4.69, 9.17) is 4.74 Å². The lowest BCUT2D eigenvalue weighted by Crippen LogP contribution is -2.34. The summed E-state index contributed by atoms with van der Waals surface area (Å²) in [5.74, 6) is -0.309. The van der Waals surface area contributed by atoms with Crippen molar-refractivity contribution in [2.75, 3.05) is 20.3 Å². The third kappa shape index (κ3) is 5.67. The van der Waals surface area contributed by atoms with Crippen LogP contribution in [-0.4, -0.2) is 26.3 Å². The molecule has 2 N–H and O–H groups in total. The lowest BCUT2D eigenvalue weighted by molar-refractivity contribution is 0.196. The normalized spacial score (nSPS) is 10.5. The summed E-state index contributed by atoms with van der Waals surface area (Å²) in [7, 11) is 1.56. The number of rotatable bonds is 5. The fraction of sp³-hybridized carbons (Fsp3) is 0.250. The second kappa shape index (κ2) is 7.40. The first-order valence-corrected chi connectivity index (χ1v) is 5.18. The van der Waals surface area contributed by atoms with E-state index in [1.807, 2.05) is 0 Å². The van der Waals surface area contributed by atoms with Crippen molar-refractivity contribution in [3.8, 4) is 0 Å². The third-order valence-electron chi connectivity index (χ3n) is 1.93. The summed E-state index contributed by atoms with van der Waals surface area (Å²) in [4.78, 5) is 11.2. The van der Waals surface area contributed by atoms with Crippen LogP contribution in [0.1, 0.15) is 5.56 Å². The van der Waals surface area contributed by atoms with Crippen molar-refractivity contribution in [1.29, 1.82) is 0 Å². The van der Waals surface area contributed by atoms with Gasteiger partial charge in [0, 0.05) is 19.9 Å². The van der Waals surface area contributed by atoms with Crippen LogP contribution in [0.4, 0.5) is 9.18 Å². The number of benzene rings is 1. The number of amides is 2. The zero-order valence-corrected chi connectivity index (χ0v) is 9.57. The van der Waals surface area contributed by atoms with Crippen LogP contribution in [-0.2, 0) is 4.74 Å². The van der Waals surface area contributed by atoms with E-state index in [0.717, 1.165) is 0 Å². The molecule has 0 spiro atoms. The number of hydrogen-bond acceptors (Lipinski definition) is 2. The van der Waals surface area contributed by atoms with E-state index in [0.29, 0.717) is 18.7 Å². The average Bonchev–Trinajstić information content (AvgIpc) is 2.29. The molecular weight excluding hydrogens is 223 g/mol. The summed E-state index contributed by atoms with van der Waals surface area (Å²) in [5.41, 5.74) is 0.683. The fourth-order valence-corrected chi connectivity index (χ4v) is 1.14. The van der Waals surface area contributed by atoms with Crippen molar-refractivity contribution in [2.24, 2.45) is 0 Å². The lowest BCUT2D eigenvalue weighted by atomic mass is 10.2. The molecule has 0 saturated carbocycles. The number of nitrogens with one attached hydrogen (secondary N) is 2. The second-order valence-corrected chi connectivity index (χ2v) is 3.28. The summed E-state index contributed by atoms with van der Waals surface area (Å²) >= 11 is 0. The predicted octanol–water partition coefficient (Wildman–Crippen LogP) is 1.74. The van der Waals surface area contributed by atoms with E-state index in [1.165, 1.54) is 18.3 Å². The van der Waals surface area contributed by atoms with Crippen molar-refractivity contribution in [3.63, 3.8) is 0 Å². The van der Waals surface area contributed by atoms with Crippen molar-refractivity contribution >= 4 is 12.1 Å². The van der Waals surface area contributed by atoms with Gasteiger partial charge in [0.15, 0.2) is 0 Å². The Labute approximate surface area is 99.5 Å². The Morgan fingerprint density at radius 1 is 1.53 bits per heavy atom. The Balaban J connectivity index is 2.32. The molecule has 0 heterocycles. The van der Waals surface area contributed by atoms with Crippen LogP contribution in [0.5, 0.6) is 0 Å². The van der Waals surface area contributed by atoms with Crippen molar-refractivity contribution in [2.45, 2.75) is 0 Å². The van der Waals surface area contributed by atoms with Gasteiger partial charge in [0.1, 0.15) is 5.82 Å². The molecule has 0 saturated heterocycles. The molecule has 0 bridgehead atoms. The molecule has 0 aliphatic carbocycles. The molecule has 1 aromatic carbocycles. The van der Waals surface area contributed by atoms with Gasteiger partial charge < -0.3 is 15.4 Å². The summed E-state index contributed by atoms with van der Waals surface area (Å²) in [6.45, 7) is 0.900. The van der Waals surface area contributed by atoms with Gasteiger partial charge in [0.05, 0.1) is 6.61 Å². The minimum absolute atomic E-state index is 0.309. The molecule has 1 rings (SSSR count). The van der Waals surface area contributed by atoms with Gasteiger partial charge in [0.2, 0.25) is 0 Å². The Kier molecular flexibility index (Phi) is 5.74. The number of methoxy groups -OCH3 is 1. The van der Waals surface area contributed by atoms with Gasteiger partial charge in [0.25, 0.3) is 0 Å². The molecule has 2 amide bonds. The van der Waals surface area contributed by atoms with Gasteiger partial charge in [-0.25, -0.2) is 9.18 Å². The molecule has 0 aliphatic heterocycles.